The van der Waals surface area contributed by atoms with Crippen molar-refractivity contribution in [2.45, 2.75) is 19.0 Å². The summed E-state index contributed by atoms with van der Waals surface area (Å²) in [6, 6.07) is 4.48. The molecule has 0 spiro atoms. The highest BCUT2D eigenvalue weighted by molar-refractivity contribution is 5.12. The normalized spacial score (nSPS) is 24.0. The molecule has 0 radical (unpaired) electrons. The lowest BCUT2D eigenvalue weighted by Crippen LogP contribution is -2.48. The molecule has 2 N–H and O–H groups in total. The second-order valence-electron chi connectivity index (χ2n) is 3.85. The molecule has 0 aliphatic carbocycles. The highest BCUT2D eigenvalue weighted by Gasteiger charge is 2.26. The number of likely N-dealkylation sites (N-methyl/N-ethyl adjacent to an activating group) is 1. The largest absolute Gasteiger partial charge is 0.465 e. The van der Waals surface area contributed by atoms with Gasteiger partial charge in [0.1, 0.15) is 11.5 Å². The molecule has 84 valence electrons. The first kappa shape index (κ1) is 10.7. The van der Waals surface area contributed by atoms with Crippen LogP contribution in [0.5, 0.6) is 0 Å². The van der Waals surface area contributed by atoms with Crippen LogP contribution in [0.2, 0.25) is 0 Å². The van der Waals surface area contributed by atoms with E-state index >= 15 is 0 Å². The maximum Gasteiger partial charge on any atom is 0.122 e. The molecule has 0 amide bonds. The van der Waals surface area contributed by atoms with Crippen LogP contribution in [-0.4, -0.2) is 32.8 Å². The fourth-order valence-corrected chi connectivity index (χ4v) is 1.96. The molecule has 1 saturated heterocycles. The summed E-state index contributed by atoms with van der Waals surface area (Å²) in [5, 5.41) is 6.70. The molecule has 2 rings (SSSR count). The molecule has 2 unspecified atom stereocenters. The molecule has 1 aromatic rings. The monoisotopic (exact) mass is 210 g/mol. The third-order valence-electron chi connectivity index (χ3n) is 2.73. The number of morpholine rings is 1. The van der Waals surface area contributed by atoms with Crippen molar-refractivity contribution in [2.24, 2.45) is 0 Å². The minimum atomic E-state index is 0.180. The number of hydrogen-bond donors (Lipinski definition) is 2. The van der Waals surface area contributed by atoms with Crippen molar-refractivity contribution in [1.82, 2.24) is 10.6 Å². The topological polar surface area (TPSA) is 46.4 Å². The van der Waals surface area contributed by atoms with Crippen LogP contribution in [0.15, 0.2) is 16.5 Å². The molecule has 0 saturated carbocycles. The second-order valence-corrected chi connectivity index (χ2v) is 3.85. The summed E-state index contributed by atoms with van der Waals surface area (Å²) in [6.45, 7) is 4.39. The molecule has 0 aromatic carbocycles. The van der Waals surface area contributed by atoms with Gasteiger partial charge in [0.25, 0.3) is 0 Å². The Morgan fingerprint density at radius 1 is 1.53 bits per heavy atom. The molecule has 0 bridgehead atoms. The maximum atomic E-state index is 5.63. The van der Waals surface area contributed by atoms with Gasteiger partial charge >= 0.3 is 0 Å². The lowest BCUT2D eigenvalue weighted by Gasteiger charge is -2.29. The minimum Gasteiger partial charge on any atom is -0.465 e. The Labute approximate surface area is 90.0 Å². The SMILES string of the molecule is CNC(c1ccc(C)o1)C1COCCN1. The van der Waals surface area contributed by atoms with Crippen LogP contribution in [0.4, 0.5) is 0 Å². The van der Waals surface area contributed by atoms with E-state index in [0.29, 0.717) is 0 Å². The third-order valence-corrected chi connectivity index (χ3v) is 2.73. The zero-order valence-corrected chi connectivity index (χ0v) is 9.25. The van der Waals surface area contributed by atoms with Crippen LogP contribution in [0.25, 0.3) is 0 Å². The summed E-state index contributed by atoms with van der Waals surface area (Å²) in [5.74, 6) is 1.92. The van der Waals surface area contributed by atoms with Crippen LogP contribution < -0.4 is 10.6 Å². The van der Waals surface area contributed by atoms with Crippen LogP contribution >= 0.6 is 0 Å². The first-order valence-electron chi connectivity index (χ1n) is 5.36. The number of nitrogens with one attached hydrogen (secondary N) is 2. The molecule has 1 fully saturated rings. The number of rotatable bonds is 3. The highest BCUT2D eigenvalue weighted by atomic mass is 16.5. The van der Waals surface area contributed by atoms with Gasteiger partial charge in [-0.05, 0) is 26.1 Å². The number of furan rings is 1. The Balaban J connectivity index is 2.08. The summed E-state index contributed by atoms with van der Waals surface area (Å²) >= 11 is 0. The Morgan fingerprint density at radius 3 is 2.93 bits per heavy atom. The lowest BCUT2D eigenvalue weighted by molar-refractivity contribution is 0.0614. The average molecular weight is 210 g/mol. The second kappa shape index (κ2) is 4.79. The van der Waals surface area contributed by atoms with E-state index in [2.05, 4.69) is 10.6 Å². The van der Waals surface area contributed by atoms with Crippen molar-refractivity contribution in [3.05, 3.63) is 23.7 Å². The standard InChI is InChI=1S/C11H18N2O2/c1-8-3-4-10(15-8)11(12-2)9-7-14-6-5-13-9/h3-4,9,11-13H,5-7H2,1-2H3. The quantitative estimate of drug-likeness (QED) is 0.776. The van der Waals surface area contributed by atoms with E-state index in [0.717, 1.165) is 31.3 Å². The van der Waals surface area contributed by atoms with E-state index in [-0.39, 0.29) is 12.1 Å². The number of aryl methyl sites for hydroxylation is 1. The van der Waals surface area contributed by atoms with Gasteiger partial charge in [-0.15, -0.1) is 0 Å². The van der Waals surface area contributed by atoms with Gasteiger partial charge in [-0.2, -0.15) is 0 Å². The van der Waals surface area contributed by atoms with E-state index in [1.54, 1.807) is 0 Å². The highest BCUT2D eigenvalue weighted by Crippen LogP contribution is 2.20. The van der Waals surface area contributed by atoms with Gasteiger partial charge in [0, 0.05) is 6.54 Å². The molecule has 2 atom stereocenters. The van der Waals surface area contributed by atoms with E-state index in [1.165, 1.54) is 0 Å². The molecule has 15 heavy (non-hydrogen) atoms. The summed E-state index contributed by atoms with van der Waals surface area (Å²) < 4.78 is 11.1. The Kier molecular flexibility index (Phi) is 3.41. The fraction of sp³-hybridized carbons (Fsp3) is 0.636. The lowest BCUT2D eigenvalue weighted by atomic mass is 10.1. The van der Waals surface area contributed by atoms with Gasteiger partial charge in [0.05, 0.1) is 25.3 Å². The van der Waals surface area contributed by atoms with Gasteiger partial charge in [0.2, 0.25) is 0 Å². The van der Waals surface area contributed by atoms with Crippen LogP contribution in [0.1, 0.15) is 17.6 Å². The van der Waals surface area contributed by atoms with E-state index < -0.39 is 0 Å². The van der Waals surface area contributed by atoms with E-state index in [1.807, 2.05) is 26.1 Å². The van der Waals surface area contributed by atoms with Gasteiger partial charge in [-0.25, -0.2) is 0 Å². The third kappa shape index (κ3) is 2.40. The number of ether oxygens (including phenoxy) is 1. The molecule has 1 aliphatic heterocycles. The maximum absolute atomic E-state index is 5.63. The molecule has 4 nitrogen and oxygen atoms in total. The van der Waals surface area contributed by atoms with Crippen molar-refractivity contribution in [2.75, 3.05) is 26.8 Å². The fourth-order valence-electron chi connectivity index (χ4n) is 1.96. The van der Waals surface area contributed by atoms with Crippen molar-refractivity contribution >= 4 is 0 Å². The molecule has 2 heterocycles. The molecular formula is C11H18N2O2. The Morgan fingerprint density at radius 2 is 2.40 bits per heavy atom. The predicted molar refractivity (Wildman–Crippen MR) is 57.9 cm³/mol. The zero-order chi connectivity index (χ0) is 10.7. The van der Waals surface area contributed by atoms with Crippen molar-refractivity contribution in [1.29, 1.82) is 0 Å². The summed E-state index contributed by atoms with van der Waals surface area (Å²) in [5.41, 5.74) is 0. The van der Waals surface area contributed by atoms with Crippen molar-refractivity contribution < 1.29 is 9.15 Å². The average Bonchev–Trinajstić information content (AvgIpc) is 2.68. The van der Waals surface area contributed by atoms with Gasteiger partial charge in [-0.1, -0.05) is 0 Å². The van der Waals surface area contributed by atoms with Crippen LogP contribution in [0, 0.1) is 6.92 Å². The van der Waals surface area contributed by atoms with Crippen molar-refractivity contribution in [3.63, 3.8) is 0 Å². The van der Waals surface area contributed by atoms with Gasteiger partial charge in [-0.3, -0.25) is 0 Å². The molecule has 4 heteroatoms. The van der Waals surface area contributed by atoms with Crippen LogP contribution in [0.3, 0.4) is 0 Å². The summed E-state index contributed by atoms with van der Waals surface area (Å²) in [4.78, 5) is 0. The Hall–Kier alpha value is -0.840. The zero-order valence-electron chi connectivity index (χ0n) is 9.25. The Bertz CT molecular complexity index is 305. The molecular weight excluding hydrogens is 192 g/mol. The first-order chi connectivity index (χ1) is 7.31. The van der Waals surface area contributed by atoms with E-state index in [9.17, 15) is 0 Å². The predicted octanol–water partition coefficient (Wildman–Crippen LogP) is 0.837. The van der Waals surface area contributed by atoms with E-state index in [4.69, 9.17) is 9.15 Å². The van der Waals surface area contributed by atoms with Crippen LogP contribution in [-0.2, 0) is 4.74 Å². The number of hydrogen-bond acceptors (Lipinski definition) is 4. The van der Waals surface area contributed by atoms with Crippen molar-refractivity contribution in [3.8, 4) is 0 Å². The summed E-state index contributed by atoms with van der Waals surface area (Å²) in [7, 11) is 1.94. The summed E-state index contributed by atoms with van der Waals surface area (Å²) in [6.07, 6.45) is 0. The first-order valence-corrected chi connectivity index (χ1v) is 5.36. The minimum absolute atomic E-state index is 0.180. The smallest absolute Gasteiger partial charge is 0.122 e. The van der Waals surface area contributed by atoms with Gasteiger partial charge < -0.3 is 19.8 Å². The van der Waals surface area contributed by atoms with Gasteiger partial charge in [0.15, 0.2) is 0 Å². The molecule has 1 aliphatic rings. The molecule has 1 aromatic heterocycles.